The Hall–Kier alpha value is -3.29. The molecule has 0 saturated carbocycles. The minimum atomic E-state index is -3.82. The highest BCUT2D eigenvalue weighted by Gasteiger charge is 2.22. The number of aryl methyl sites for hydroxylation is 1. The average Bonchev–Trinajstić information content (AvgIpc) is 3.11. The molecule has 0 radical (unpaired) electrons. The molecular formula is C23H19FN2O3S. The van der Waals surface area contributed by atoms with Gasteiger partial charge in [-0.3, -0.25) is 0 Å². The van der Waals surface area contributed by atoms with Crippen LogP contribution in [0.1, 0.15) is 17.0 Å². The van der Waals surface area contributed by atoms with Crippen LogP contribution in [0.25, 0.3) is 22.6 Å². The van der Waals surface area contributed by atoms with Gasteiger partial charge in [-0.1, -0.05) is 42.5 Å². The Bertz CT molecular complexity index is 1280. The normalized spacial score (nSPS) is 11.6. The lowest BCUT2D eigenvalue weighted by Crippen LogP contribution is -2.11. The van der Waals surface area contributed by atoms with E-state index >= 15 is 0 Å². The van der Waals surface area contributed by atoms with Gasteiger partial charge in [0.05, 0.1) is 4.90 Å². The predicted octanol–water partition coefficient (Wildman–Crippen LogP) is 4.69. The molecule has 0 spiro atoms. The summed E-state index contributed by atoms with van der Waals surface area (Å²) in [5.41, 5.74) is 3.03. The maximum absolute atomic E-state index is 14.7. The molecule has 152 valence electrons. The van der Waals surface area contributed by atoms with Crippen LogP contribution in [0, 0.1) is 12.7 Å². The molecule has 0 atom stereocenters. The van der Waals surface area contributed by atoms with Crippen LogP contribution in [-0.2, 0) is 16.4 Å². The van der Waals surface area contributed by atoms with Gasteiger partial charge in [-0.15, -0.1) is 0 Å². The standard InChI is InChI=1S/C23H19FN2O3S/c1-15-6-5-9-19(24)21(15)22-23(17-10-12-18(13-11-17)30(25,27)28)29-20(26-22)14-16-7-3-2-4-8-16/h2-13H,14H2,1H3,(H2,25,27,28). The molecular weight excluding hydrogens is 403 g/mol. The number of nitrogens with two attached hydrogens (primary N) is 1. The molecule has 0 unspecified atom stereocenters. The summed E-state index contributed by atoms with van der Waals surface area (Å²) in [5.74, 6) is 0.399. The van der Waals surface area contributed by atoms with Crippen molar-refractivity contribution in [2.75, 3.05) is 0 Å². The number of primary sulfonamides is 1. The van der Waals surface area contributed by atoms with Crippen molar-refractivity contribution in [2.24, 2.45) is 5.14 Å². The molecule has 4 rings (SSSR count). The van der Waals surface area contributed by atoms with Crippen LogP contribution in [0.15, 0.2) is 82.1 Å². The number of hydrogen-bond acceptors (Lipinski definition) is 4. The van der Waals surface area contributed by atoms with Crippen LogP contribution >= 0.6 is 0 Å². The van der Waals surface area contributed by atoms with E-state index < -0.39 is 15.8 Å². The molecule has 1 aromatic heterocycles. The molecule has 30 heavy (non-hydrogen) atoms. The Kier molecular flexibility index (Phi) is 5.24. The van der Waals surface area contributed by atoms with Crippen molar-refractivity contribution in [1.29, 1.82) is 0 Å². The van der Waals surface area contributed by atoms with Crippen molar-refractivity contribution in [1.82, 2.24) is 4.98 Å². The Morgan fingerprint density at radius 2 is 1.67 bits per heavy atom. The molecule has 2 N–H and O–H groups in total. The van der Waals surface area contributed by atoms with Crippen molar-refractivity contribution in [3.05, 3.63) is 95.6 Å². The quantitative estimate of drug-likeness (QED) is 0.505. The topological polar surface area (TPSA) is 86.2 Å². The van der Waals surface area contributed by atoms with Gasteiger partial charge in [0, 0.05) is 17.5 Å². The van der Waals surface area contributed by atoms with E-state index in [9.17, 15) is 12.8 Å². The van der Waals surface area contributed by atoms with Gasteiger partial charge in [-0.2, -0.15) is 0 Å². The van der Waals surface area contributed by atoms with Gasteiger partial charge in [-0.25, -0.2) is 22.9 Å². The van der Waals surface area contributed by atoms with E-state index in [0.29, 0.717) is 34.9 Å². The lowest BCUT2D eigenvalue weighted by molar-refractivity contribution is 0.519. The van der Waals surface area contributed by atoms with Crippen LogP contribution in [0.3, 0.4) is 0 Å². The third-order valence-electron chi connectivity index (χ3n) is 4.77. The number of oxazole rings is 1. The van der Waals surface area contributed by atoms with Crippen LogP contribution in [0.2, 0.25) is 0 Å². The molecule has 0 bridgehead atoms. The number of aromatic nitrogens is 1. The van der Waals surface area contributed by atoms with E-state index in [2.05, 4.69) is 4.98 Å². The van der Waals surface area contributed by atoms with E-state index in [1.54, 1.807) is 31.2 Å². The maximum atomic E-state index is 14.7. The van der Waals surface area contributed by atoms with E-state index in [4.69, 9.17) is 9.56 Å². The molecule has 7 heteroatoms. The molecule has 1 heterocycles. The van der Waals surface area contributed by atoms with Crippen molar-refractivity contribution in [2.45, 2.75) is 18.2 Å². The number of sulfonamides is 1. The number of rotatable bonds is 5. The zero-order valence-electron chi connectivity index (χ0n) is 16.2. The summed E-state index contributed by atoms with van der Waals surface area (Å²) in [6.45, 7) is 1.80. The SMILES string of the molecule is Cc1cccc(F)c1-c1nc(Cc2ccccc2)oc1-c1ccc(S(N)(=O)=O)cc1. The Morgan fingerprint density at radius 3 is 2.30 bits per heavy atom. The number of hydrogen-bond donors (Lipinski definition) is 1. The Morgan fingerprint density at radius 1 is 0.967 bits per heavy atom. The number of nitrogens with zero attached hydrogens (tertiary/aromatic N) is 1. The summed E-state index contributed by atoms with van der Waals surface area (Å²) < 4.78 is 43.9. The lowest BCUT2D eigenvalue weighted by atomic mass is 10.0. The molecule has 0 aliphatic carbocycles. The third kappa shape index (κ3) is 4.03. The second-order valence-corrected chi connectivity index (χ2v) is 8.51. The highest BCUT2D eigenvalue weighted by molar-refractivity contribution is 7.89. The van der Waals surface area contributed by atoms with E-state index in [1.165, 1.54) is 18.2 Å². The number of benzene rings is 3. The van der Waals surface area contributed by atoms with Gasteiger partial charge >= 0.3 is 0 Å². The second-order valence-electron chi connectivity index (χ2n) is 6.95. The maximum Gasteiger partial charge on any atom is 0.238 e. The van der Waals surface area contributed by atoms with E-state index in [-0.39, 0.29) is 4.90 Å². The fourth-order valence-corrected chi connectivity index (χ4v) is 3.82. The van der Waals surface area contributed by atoms with Gasteiger partial charge in [0.1, 0.15) is 11.5 Å². The molecule has 5 nitrogen and oxygen atoms in total. The van der Waals surface area contributed by atoms with Crippen molar-refractivity contribution < 1.29 is 17.2 Å². The predicted molar refractivity (Wildman–Crippen MR) is 113 cm³/mol. The number of halogens is 1. The lowest BCUT2D eigenvalue weighted by Gasteiger charge is -2.07. The first-order chi connectivity index (χ1) is 14.3. The van der Waals surface area contributed by atoms with Crippen molar-refractivity contribution in [3.8, 4) is 22.6 Å². The first-order valence-electron chi connectivity index (χ1n) is 9.25. The first-order valence-corrected chi connectivity index (χ1v) is 10.8. The molecule has 0 amide bonds. The summed E-state index contributed by atoms with van der Waals surface area (Å²) in [6, 6.07) is 20.4. The van der Waals surface area contributed by atoms with Crippen LogP contribution in [0.5, 0.6) is 0 Å². The van der Waals surface area contributed by atoms with Gasteiger partial charge in [0.2, 0.25) is 10.0 Å². The molecule has 3 aromatic carbocycles. The van der Waals surface area contributed by atoms with Crippen LogP contribution in [-0.4, -0.2) is 13.4 Å². The van der Waals surface area contributed by atoms with Gasteiger partial charge in [0.25, 0.3) is 0 Å². The largest absolute Gasteiger partial charge is 0.440 e. The van der Waals surface area contributed by atoms with Gasteiger partial charge < -0.3 is 4.42 Å². The minimum Gasteiger partial charge on any atom is -0.440 e. The van der Waals surface area contributed by atoms with Crippen LogP contribution < -0.4 is 5.14 Å². The molecule has 0 fully saturated rings. The molecule has 0 aliphatic rings. The van der Waals surface area contributed by atoms with Gasteiger partial charge in [-0.05, 0) is 48.4 Å². The van der Waals surface area contributed by atoms with Crippen molar-refractivity contribution >= 4 is 10.0 Å². The summed E-state index contributed by atoms with van der Waals surface area (Å²) in [5, 5.41) is 5.18. The van der Waals surface area contributed by atoms with Crippen molar-refractivity contribution in [3.63, 3.8) is 0 Å². The zero-order chi connectivity index (χ0) is 21.3. The Balaban J connectivity index is 1.85. The summed E-state index contributed by atoms with van der Waals surface area (Å²) in [6.07, 6.45) is 0.441. The molecule has 4 aromatic rings. The minimum absolute atomic E-state index is 0.0149. The van der Waals surface area contributed by atoms with E-state index in [1.807, 2.05) is 30.3 Å². The smallest absolute Gasteiger partial charge is 0.238 e. The Labute approximate surface area is 174 Å². The third-order valence-corrected chi connectivity index (χ3v) is 5.70. The molecule has 0 aliphatic heterocycles. The summed E-state index contributed by atoms with van der Waals surface area (Å²) in [7, 11) is -3.82. The second kappa shape index (κ2) is 7.85. The highest BCUT2D eigenvalue weighted by atomic mass is 32.2. The highest BCUT2D eigenvalue weighted by Crippen LogP contribution is 2.36. The summed E-state index contributed by atoms with van der Waals surface area (Å²) in [4.78, 5) is 4.58. The monoisotopic (exact) mass is 422 g/mol. The summed E-state index contributed by atoms with van der Waals surface area (Å²) >= 11 is 0. The first kappa shape index (κ1) is 20.0. The fourth-order valence-electron chi connectivity index (χ4n) is 3.30. The van der Waals surface area contributed by atoms with Crippen LogP contribution in [0.4, 0.5) is 4.39 Å². The van der Waals surface area contributed by atoms with E-state index in [0.717, 1.165) is 11.1 Å². The molecule has 0 saturated heterocycles. The average molecular weight is 422 g/mol. The fraction of sp³-hybridized carbons (Fsp3) is 0.0870. The zero-order valence-corrected chi connectivity index (χ0v) is 17.0. The van der Waals surface area contributed by atoms with Gasteiger partial charge in [0.15, 0.2) is 11.7 Å².